The highest BCUT2D eigenvalue weighted by Gasteiger charge is 2.54. The molecule has 1 amide bonds. The molecule has 1 aliphatic carbocycles. The highest BCUT2D eigenvalue weighted by molar-refractivity contribution is 5.86. The number of carbonyl (C=O) groups excluding carboxylic acids is 1. The van der Waals surface area contributed by atoms with Gasteiger partial charge in [0.25, 0.3) is 0 Å². The summed E-state index contributed by atoms with van der Waals surface area (Å²) in [4.78, 5) is 14.2. The predicted octanol–water partition coefficient (Wildman–Crippen LogP) is -0.169. The lowest BCUT2D eigenvalue weighted by Crippen LogP contribution is -2.62. The van der Waals surface area contributed by atoms with Crippen molar-refractivity contribution in [1.82, 2.24) is 10.2 Å². The third-order valence-electron chi connectivity index (χ3n) is 4.20. The van der Waals surface area contributed by atoms with E-state index in [1.165, 1.54) is 19.3 Å². The smallest absolute Gasteiger partial charge is 0.239 e. The van der Waals surface area contributed by atoms with Gasteiger partial charge < -0.3 is 5.73 Å². The standard InChI is InChI=1S/C11H19N3O/c12-10(15)11(13-8-3-4-8)5-7-14-6-1-2-9(11)14/h8-9,13H,1-7H2,(H2,12,15). The van der Waals surface area contributed by atoms with Crippen molar-refractivity contribution in [2.24, 2.45) is 5.73 Å². The molecule has 2 heterocycles. The first kappa shape index (κ1) is 9.60. The Morgan fingerprint density at radius 2 is 2.13 bits per heavy atom. The molecule has 2 atom stereocenters. The van der Waals surface area contributed by atoms with Crippen molar-refractivity contribution in [2.75, 3.05) is 13.1 Å². The number of primary amides is 1. The lowest BCUT2D eigenvalue weighted by Gasteiger charge is -2.33. The van der Waals surface area contributed by atoms with Crippen LogP contribution in [-0.2, 0) is 4.79 Å². The minimum absolute atomic E-state index is 0.135. The van der Waals surface area contributed by atoms with Gasteiger partial charge in [0.15, 0.2) is 0 Å². The van der Waals surface area contributed by atoms with Gasteiger partial charge >= 0.3 is 0 Å². The van der Waals surface area contributed by atoms with Gasteiger partial charge in [-0.3, -0.25) is 15.0 Å². The zero-order valence-electron chi connectivity index (χ0n) is 9.04. The van der Waals surface area contributed by atoms with Crippen molar-refractivity contribution < 1.29 is 4.79 Å². The zero-order chi connectivity index (χ0) is 10.5. The van der Waals surface area contributed by atoms with E-state index in [0.717, 1.165) is 25.9 Å². The Morgan fingerprint density at radius 3 is 2.80 bits per heavy atom. The van der Waals surface area contributed by atoms with E-state index >= 15 is 0 Å². The third kappa shape index (κ3) is 1.39. The topological polar surface area (TPSA) is 58.4 Å². The van der Waals surface area contributed by atoms with Crippen LogP contribution in [0.3, 0.4) is 0 Å². The van der Waals surface area contributed by atoms with E-state index in [9.17, 15) is 4.79 Å². The van der Waals surface area contributed by atoms with Crippen molar-refractivity contribution in [3.8, 4) is 0 Å². The van der Waals surface area contributed by atoms with Gasteiger partial charge in [-0.15, -0.1) is 0 Å². The van der Waals surface area contributed by atoms with Crippen molar-refractivity contribution in [1.29, 1.82) is 0 Å². The highest BCUT2D eigenvalue weighted by atomic mass is 16.1. The molecule has 15 heavy (non-hydrogen) atoms. The number of hydrogen-bond acceptors (Lipinski definition) is 3. The van der Waals surface area contributed by atoms with Crippen LogP contribution in [0, 0.1) is 0 Å². The molecule has 4 nitrogen and oxygen atoms in total. The maximum atomic E-state index is 11.8. The predicted molar refractivity (Wildman–Crippen MR) is 57.3 cm³/mol. The lowest BCUT2D eigenvalue weighted by molar-refractivity contribution is -0.125. The summed E-state index contributed by atoms with van der Waals surface area (Å²) in [7, 11) is 0. The Balaban J connectivity index is 1.85. The molecule has 2 aliphatic heterocycles. The van der Waals surface area contributed by atoms with E-state index in [2.05, 4.69) is 10.2 Å². The molecular weight excluding hydrogens is 190 g/mol. The maximum absolute atomic E-state index is 11.8. The SMILES string of the molecule is NC(=O)C1(NC2CC2)CCN2CCCC21. The van der Waals surface area contributed by atoms with Crippen LogP contribution >= 0.6 is 0 Å². The van der Waals surface area contributed by atoms with Gasteiger partial charge in [-0.05, 0) is 38.6 Å². The Morgan fingerprint density at radius 1 is 1.33 bits per heavy atom. The molecule has 2 saturated heterocycles. The van der Waals surface area contributed by atoms with Gasteiger partial charge in [-0.1, -0.05) is 0 Å². The molecule has 0 spiro atoms. The number of fused-ring (bicyclic) bond motifs is 1. The third-order valence-corrected chi connectivity index (χ3v) is 4.20. The second-order valence-electron chi connectivity index (χ2n) is 5.20. The van der Waals surface area contributed by atoms with Crippen LogP contribution in [0.15, 0.2) is 0 Å². The van der Waals surface area contributed by atoms with E-state index < -0.39 is 5.54 Å². The molecule has 84 valence electrons. The molecule has 0 radical (unpaired) electrons. The summed E-state index contributed by atoms with van der Waals surface area (Å²) in [6.45, 7) is 2.18. The van der Waals surface area contributed by atoms with Crippen molar-refractivity contribution in [2.45, 2.75) is 49.7 Å². The van der Waals surface area contributed by atoms with Gasteiger partial charge in [0.2, 0.25) is 5.91 Å². The molecule has 3 N–H and O–H groups in total. The van der Waals surface area contributed by atoms with Crippen LogP contribution in [0.5, 0.6) is 0 Å². The molecule has 3 fully saturated rings. The number of nitrogens with one attached hydrogen (secondary N) is 1. The largest absolute Gasteiger partial charge is 0.368 e. The van der Waals surface area contributed by atoms with Crippen LogP contribution < -0.4 is 11.1 Å². The monoisotopic (exact) mass is 209 g/mol. The summed E-state index contributed by atoms with van der Waals surface area (Å²) in [5.41, 5.74) is 5.23. The summed E-state index contributed by atoms with van der Waals surface area (Å²) in [5, 5.41) is 3.52. The summed E-state index contributed by atoms with van der Waals surface area (Å²) in [6.07, 6.45) is 5.67. The van der Waals surface area contributed by atoms with Crippen molar-refractivity contribution in [3.63, 3.8) is 0 Å². The second kappa shape index (κ2) is 3.19. The summed E-state index contributed by atoms with van der Waals surface area (Å²) >= 11 is 0. The molecule has 4 heteroatoms. The molecular formula is C11H19N3O. The van der Waals surface area contributed by atoms with E-state index in [4.69, 9.17) is 5.73 Å². The Labute approximate surface area is 90.2 Å². The van der Waals surface area contributed by atoms with Gasteiger partial charge in [0, 0.05) is 18.6 Å². The fourth-order valence-electron chi connectivity index (χ4n) is 3.26. The first-order valence-electron chi connectivity index (χ1n) is 6.04. The molecule has 3 rings (SSSR count). The minimum Gasteiger partial charge on any atom is -0.368 e. The quantitative estimate of drug-likeness (QED) is 0.678. The molecule has 0 bridgehead atoms. The number of nitrogens with zero attached hydrogens (tertiary/aromatic N) is 1. The van der Waals surface area contributed by atoms with E-state index in [0.29, 0.717) is 12.1 Å². The van der Waals surface area contributed by atoms with Crippen LogP contribution in [0.25, 0.3) is 0 Å². The maximum Gasteiger partial charge on any atom is 0.239 e. The van der Waals surface area contributed by atoms with Crippen molar-refractivity contribution in [3.05, 3.63) is 0 Å². The van der Waals surface area contributed by atoms with Gasteiger partial charge in [0.1, 0.15) is 5.54 Å². The Bertz CT molecular complexity index is 290. The molecule has 0 aromatic rings. The van der Waals surface area contributed by atoms with Gasteiger partial charge in [0.05, 0.1) is 0 Å². The number of carbonyl (C=O) groups is 1. The van der Waals surface area contributed by atoms with Crippen LogP contribution in [-0.4, -0.2) is 41.5 Å². The van der Waals surface area contributed by atoms with Gasteiger partial charge in [-0.25, -0.2) is 0 Å². The number of hydrogen-bond donors (Lipinski definition) is 2. The Kier molecular flexibility index (Phi) is 2.04. The molecule has 3 aliphatic rings. The van der Waals surface area contributed by atoms with E-state index in [1.807, 2.05) is 0 Å². The molecule has 2 unspecified atom stereocenters. The van der Waals surface area contributed by atoms with E-state index in [1.54, 1.807) is 0 Å². The zero-order valence-corrected chi connectivity index (χ0v) is 9.04. The fourth-order valence-corrected chi connectivity index (χ4v) is 3.26. The average molecular weight is 209 g/mol. The molecule has 0 aromatic heterocycles. The van der Waals surface area contributed by atoms with Gasteiger partial charge in [-0.2, -0.15) is 0 Å². The van der Waals surface area contributed by atoms with Crippen molar-refractivity contribution >= 4 is 5.91 Å². The van der Waals surface area contributed by atoms with Crippen LogP contribution in [0.2, 0.25) is 0 Å². The minimum atomic E-state index is -0.405. The summed E-state index contributed by atoms with van der Waals surface area (Å²) < 4.78 is 0. The van der Waals surface area contributed by atoms with Crippen LogP contribution in [0.4, 0.5) is 0 Å². The lowest BCUT2D eigenvalue weighted by atomic mass is 9.87. The number of rotatable bonds is 3. The fraction of sp³-hybridized carbons (Fsp3) is 0.909. The first-order valence-corrected chi connectivity index (χ1v) is 6.04. The second-order valence-corrected chi connectivity index (χ2v) is 5.20. The van der Waals surface area contributed by atoms with Crippen LogP contribution in [0.1, 0.15) is 32.1 Å². The van der Waals surface area contributed by atoms with E-state index in [-0.39, 0.29) is 5.91 Å². The first-order chi connectivity index (χ1) is 7.22. The Hall–Kier alpha value is -0.610. The molecule has 1 saturated carbocycles. The molecule has 0 aromatic carbocycles. The normalized spacial score (nSPS) is 40.7. The number of amides is 1. The average Bonchev–Trinajstić information content (AvgIpc) is 2.76. The highest BCUT2D eigenvalue weighted by Crippen LogP contribution is 2.38. The summed E-state index contributed by atoms with van der Waals surface area (Å²) in [6, 6.07) is 0.925. The summed E-state index contributed by atoms with van der Waals surface area (Å²) in [5.74, 6) is -0.135. The number of nitrogens with two attached hydrogens (primary N) is 1.